The van der Waals surface area contributed by atoms with E-state index in [1.165, 1.54) is 0 Å². The van der Waals surface area contributed by atoms with Gasteiger partial charge < -0.3 is 13.9 Å². The van der Waals surface area contributed by atoms with Gasteiger partial charge in [0, 0.05) is 5.56 Å². The smallest absolute Gasteiger partial charge is 0.347 e. The molecule has 0 radical (unpaired) electrons. The molecule has 0 bridgehead atoms. The van der Waals surface area contributed by atoms with Gasteiger partial charge in [-0.1, -0.05) is 32.8 Å². The van der Waals surface area contributed by atoms with E-state index in [1.807, 2.05) is 31.2 Å². The minimum Gasteiger partial charge on any atom is -0.494 e. The molecule has 0 N–H and O–H groups in total. The minimum atomic E-state index is -0.716. The molecule has 0 saturated carbocycles. The normalized spacial score (nSPS) is 11.0. The summed E-state index contributed by atoms with van der Waals surface area (Å²) in [6, 6.07) is 12.2. The zero-order valence-corrected chi connectivity index (χ0v) is 16.3. The first-order valence-corrected chi connectivity index (χ1v) is 9.76. The molecule has 3 rings (SSSR count). The van der Waals surface area contributed by atoms with Gasteiger partial charge in [-0.2, -0.15) is 0 Å². The third-order valence-corrected chi connectivity index (χ3v) is 4.45. The maximum absolute atomic E-state index is 14.6. The lowest BCUT2D eigenvalue weighted by molar-refractivity contribution is 0.302. The summed E-state index contributed by atoms with van der Waals surface area (Å²) in [7, 11) is 0. The average Bonchev–Trinajstić information content (AvgIpc) is 2.71. The molecular weight excluding hydrogens is 359 g/mol. The van der Waals surface area contributed by atoms with E-state index in [1.54, 1.807) is 18.2 Å². The van der Waals surface area contributed by atoms with Crippen molar-refractivity contribution < 1.29 is 18.3 Å². The standard InChI is InChI=1S/C23H25FO4/c1-3-5-6-14-26-18-10-7-16(8-11-18)20-15-17-9-12-19(27-13-4-2)22(24)21(17)23(25)28-20/h7-12,15H,3-6,13-14H2,1-2H3. The van der Waals surface area contributed by atoms with Crippen molar-refractivity contribution in [2.75, 3.05) is 13.2 Å². The maximum Gasteiger partial charge on any atom is 0.347 e. The number of hydrogen-bond acceptors (Lipinski definition) is 4. The Kier molecular flexibility index (Phi) is 6.69. The van der Waals surface area contributed by atoms with Crippen LogP contribution in [0.2, 0.25) is 0 Å². The summed E-state index contributed by atoms with van der Waals surface area (Å²) >= 11 is 0. The lowest BCUT2D eigenvalue weighted by atomic mass is 10.1. The number of halogens is 1. The van der Waals surface area contributed by atoms with E-state index < -0.39 is 11.4 Å². The van der Waals surface area contributed by atoms with E-state index in [0.717, 1.165) is 37.0 Å². The minimum absolute atomic E-state index is 0.0685. The fourth-order valence-corrected chi connectivity index (χ4v) is 2.94. The van der Waals surface area contributed by atoms with E-state index in [0.29, 0.717) is 24.4 Å². The van der Waals surface area contributed by atoms with Crippen molar-refractivity contribution in [2.24, 2.45) is 0 Å². The lowest BCUT2D eigenvalue weighted by Crippen LogP contribution is -2.05. The Hall–Kier alpha value is -2.82. The molecular formula is C23H25FO4. The Morgan fingerprint density at radius 2 is 1.71 bits per heavy atom. The number of fused-ring (bicyclic) bond motifs is 1. The summed E-state index contributed by atoms with van der Waals surface area (Å²) in [5, 5.41) is 0.390. The number of rotatable bonds is 9. The molecule has 1 heterocycles. The van der Waals surface area contributed by atoms with Gasteiger partial charge in [0.1, 0.15) is 16.9 Å². The van der Waals surface area contributed by atoms with Gasteiger partial charge in [-0.05, 0) is 54.6 Å². The fourth-order valence-electron chi connectivity index (χ4n) is 2.94. The number of benzene rings is 2. The summed E-state index contributed by atoms with van der Waals surface area (Å²) in [5.41, 5.74) is 0.0125. The summed E-state index contributed by atoms with van der Waals surface area (Å²) in [5.74, 6) is 0.546. The van der Waals surface area contributed by atoms with Crippen LogP contribution in [0.15, 0.2) is 51.7 Å². The highest BCUT2D eigenvalue weighted by molar-refractivity contribution is 5.86. The molecule has 0 amide bonds. The molecule has 28 heavy (non-hydrogen) atoms. The first-order chi connectivity index (χ1) is 13.6. The van der Waals surface area contributed by atoms with E-state index in [2.05, 4.69) is 6.92 Å². The zero-order valence-electron chi connectivity index (χ0n) is 16.3. The summed E-state index contributed by atoms with van der Waals surface area (Å²) in [4.78, 5) is 12.4. The van der Waals surface area contributed by atoms with Crippen LogP contribution in [0.25, 0.3) is 22.1 Å². The molecule has 0 unspecified atom stereocenters. The Labute approximate surface area is 163 Å². The predicted molar refractivity (Wildman–Crippen MR) is 109 cm³/mol. The van der Waals surface area contributed by atoms with Crippen molar-refractivity contribution in [2.45, 2.75) is 39.5 Å². The van der Waals surface area contributed by atoms with Crippen molar-refractivity contribution >= 4 is 10.8 Å². The second-order valence-corrected chi connectivity index (χ2v) is 6.67. The molecule has 1 aromatic heterocycles. The van der Waals surface area contributed by atoms with Crippen LogP contribution < -0.4 is 15.1 Å². The third-order valence-electron chi connectivity index (χ3n) is 4.45. The first kappa shape index (κ1) is 19.9. The van der Waals surface area contributed by atoms with E-state index in [9.17, 15) is 9.18 Å². The van der Waals surface area contributed by atoms with Gasteiger partial charge in [0.05, 0.1) is 13.2 Å². The van der Waals surface area contributed by atoms with Crippen LogP contribution >= 0.6 is 0 Å². The quantitative estimate of drug-likeness (QED) is 0.427. The third kappa shape index (κ3) is 4.53. The molecule has 0 aliphatic heterocycles. The van der Waals surface area contributed by atoms with Gasteiger partial charge in [0.2, 0.25) is 0 Å². The maximum atomic E-state index is 14.6. The summed E-state index contributed by atoms with van der Waals surface area (Å²) in [6.07, 6.45) is 4.06. The molecule has 148 valence electrons. The molecule has 0 atom stereocenters. The van der Waals surface area contributed by atoms with Crippen molar-refractivity contribution in [3.05, 3.63) is 58.7 Å². The van der Waals surface area contributed by atoms with Crippen molar-refractivity contribution in [1.29, 1.82) is 0 Å². The van der Waals surface area contributed by atoms with Crippen LogP contribution in [0.4, 0.5) is 4.39 Å². The Morgan fingerprint density at radius 1 is 0.929 bits per heavy atom. The SMILES string of the molecule is CCCCCOc1ccc(-c2cc3ccc(OCCC)c(F)c3c(=O)o2)cc1. The topological polar surface area (TPSA) is 48.7 Å². The summed E-state index contributed by atoms with van der Waals surface area (Å²) in [6.45, 7) is 5.15. The van der Waals surface area contributed by atoms with Gasteiger partial charge in [-0.25, -0.2) is 9.18 Å². The monoisotopic (exact) mass is 384 g/mol. The highest BCUT2D eigenvalue weighted by Crippen LogP contribution is 2.29. The number of ether oxygens (including phenoxy) is 2. The Balaban J connectivity index is 1.85. The highest BCUT2D eigenvalue weighted by atomic mass is 19.1. The van der Waals surface area contributed by atoms with Crippen LogP contribution in [-0.2, 0) is 0 Å². The zero-order chi connectivity index (χ0) is 19.9. The molecule has 0 fully saturated rings. The lowest BCUT2D eigenvalue weighted by Gasteiger charge is -2.09. The van der Waals surface area contributed by atoms with Crippen LogP contribution in [0.5, 0.6) is 11.5 Å². The van der Waals surface area contributed by atoms with E-state index >= 15 is 0 Å². The molecule has 0 aliphatic rings. The van der Waals surface area contributed by atoms with Gasteiger partial charge in [-0.3, -0.25) is 0 Å². The number of unbranched alkanes of at least 4 members (excludes halogenated alkanes) is 2. The van der Waals surface area contributed by atoms with Gasteiger partial charge >= 0.3 is 5.63 Å². The number of hydrogen-bond donors (Lipinski definition) is 0. The fraction of sp³-hybridized carbons (Fsp3) is 0.348. The van der Waals surface area contributed by atoms with E-state index in [4.69, 9.17) is 13.9 Å². The highest BCUT2D eigenvalue weighted by Gasteiger charge is 2.15. The average molecular weight is 384 g/mol. The molecule has 0 saturated heterocycles. The van der Waals surface area contributed by atoms with Crippen molar-refractivity contribution in [3.63, 3.8) is 0 Å². The molecule has 0 spiro atoms. The van der Waals surface area contributed by atoms with Gasteiger partial charge in [-0.15, -0.1) is 0 Å². The molecule has 0 aliphatic carbocycles. The second-order valence-electron chi connectivity index (χ2n) is 6.67. The van der Waals surface area contributed by atoms with Crippen LogP contribution in [-0.4, -0.2) is 13.2 Å². The molecule has 3 aromatic rings. The molecule has 5 heteroatoms. The van der Waals surface area contributed by atoms with Gasteiger partial charge in [0.15, 0.2) is 11.6 Å². The summed E-state index contributed by atoms with van der Waals surface area (Å²) < 4.78 is 31.0. The Bertz CT molecular complexity index is 976. The van der Waals surface area contributed by atoms with Crippen LogP contribution in [0, 0.1) is 5.82 Å². The second kappa shape index (κ2) is 9.40. The van der Waals surface area contributed by atoms with Crippen molar-refractivity contribution in [1.82, 2.24) is 0 Å². The van der Waals surface area contributed by atoms with Crippen LogP contribution in [0.1, 0.15) is 39.5 Å². The Morgan fingerprint density at radius 3 is 2.43 bits per heavy atom. The largest absolute Gasteiger partial charge is 0.494 e. The van der Waals surface area contributed by atoms with Crippen molar-refractivity contribution in [3.8, 4) is 22.8 Å². The molecule has 4 nitrogen and oxygen atoms in total. The van der Waals surface area contributed by atoms with Crippen LogP contribution in [0.3, 0.4) is 0 Å². The predicted octanol–water partition coefficient (Wildman–Crippen LogP) is 5.96. The first-order valence-electron chi connectivity index (χ1n) is 9.76. The molecule has 2 aromatic carbocycles. The van der Waals surface area contributed by atoms with E-state index in [-0.39, 0.29) is 11.1 Å². The van der Waals surface area contributed by atoms with Gasteiger partial charge in [0.25, 0.3) is 0 Å².